The van der Waals surface area contributed by atoms with E-state index in [0.717, 1.165) is 11.8 Å². The third kappa shape index (κ3) is 3.01. The van der Waals surface area contributed by atoms with E-state index >= 15 is 0 Å². The van der Waals surface area contributed by atoms with Crippen LogP contribution in [0, 0.1) is 11.8 Å². The highest BCUT2D eigenvalue weighted by molar-refractivity contribution is 7.80. The van der Waals surface area contributed by atoms with Gasteiger partial charge in [-0.1, -0.05) is 46.0 Å². The van der Waals surface area contributed by atoms with Crippen molar-refractivity contribution in [2.24, 2.45) is 11.8 Å². The SMILES string of the molecule is CCC(CC(C)S)C1CCCC1. The molecule has 12 heavy (non-hydrogen) atoms. The van der Waals surface area contributed by atoms with Gasteiger partial charge in [0.2, 0.25) is 0 Å². The molecule has 72 valence electrons. The molecule has 0 nitrogen and oxygen atoms in total. The van der Waals surface area contributed by atoms with E-state index in [0.29, 0.717) is 5.25 Å². The lowest BCUT2D eigenvalue weighted by molar-refractivity contribution is 0.310. The second-order valence-corrected chi connectivity index (χ2v) is 5.18. The van der Waals surface area contributed by atoms with Crippen molar-refractivity contribution in [1.82, 2.24) is 0 Å². The molecule has 1 aliphatic carbocycles. The molecule has 0 amide bonds. The maximum atomic E-state index is 4.48. The van der Waals surface area contributed by atoms with Gasteiger partial charge in [-0.15, -0.1) is 0 Å². The predicted molar refractivity (Wildman–Crippen MR) is 58.8 cm³/mol. The highest BCUT2D eigenvalue weighted by Gasteiger charge is 2.23. The van der Waals surface area contributed by atoms with Gasteiger partial charge in [0.15, 0.2) is 0 Å². The molecule has 1 rings (SSSR count). The number of hydrogen-bond donors (Lipinski definition) is 1. The van der Waals surface area contributed by atoms with Crippen molar-refractivity contribution in [2.75, 3.05) is 0 Å². The third-order valence-corrected chi connectivity index (χ3v) is 3.45. The van der Waals surface area contributed by atoms with Crippen molar-refractivity contribution in [3.8, 4) is 0 Å². The first-order valence-corrected chi connectivity index (χ1v) is 5.93. The molecule has 0 heterocycles. The van der Waals surface area contributed by atoms with E-state index in [1.54, 1.807) is 0 Å². The van der Waals surface area contributed by atoms with Gasteiger partial charge in [0.1, 0.15) is 0 Å². The summed E-state index contributed by atoms with van der Waals surface area (Å²) in [5.41, 5.74) is 0. The minimum absolute atomic E-state index is 0.593. The molecule has 2 atom stereocenters. The maximum absolute atomic E-state index is 4.48. The summed E-state index contributed by atoms with van der Waals surface area (Å²) in [6.45, 7) is 4.56. The Kier molecular flexibility index (Phi) is 4.49. The number of thiol groups is 1. The molecular weight excluding hydrogens is 164 g/mol. The van der Waals surface area contributed by atoms with Crippen LogP contribution < -0.4 is 0 Å². The van der Waals surface area contributed by atoms with E-state index in [1.807, 2.05) is 0 Å². The van der Waals surface area contributed by atoms with Gasteiger partial charge in [-0.25, -0.2) is 0 Å². The molecule has 0 N–H and O–H groups in total. The van der Waals surface area contributed by atoms with Crippen molar-refractivity contribution in [3.63, 3.8) is 0 Å². The first-order valence-electron chi connectivity index (χ1n) is 5.42. The van der Waals surface area contributed by atoms with E-state index in [9.17, 15) is 0 Å². The zero-order valence-electron chi connectivity index (χ0n) is 8.42. The van der Waals surface area contributed by atoms with E-state index in [2.05, 4.69) is 26.5 Å². The zero-order valence-corrected chi connectivity index (χ0v) is 9.32. The van der Waals surface area contributed by atoms with Crippen molar-refractivity contribution >= 4 is 12.6 Å². The molecule has 0 aromatic heterocycles. The minimum Gasteiger partial charge on any atom is -0.176 e. The summed E-state index contributed by atoms with van der Waals surface area (Å²) in [7, 11) is 0. The smallest absolute Gasteiger partial charge is 0.000885 e. The second-order valence-electron chi connectivity index (χ2n) is 4.30. The average Bonchev–Trinajstić information content (AvgIpc) is 2.51. The Morgan fingerprint density at radius 1 is 1.33 bits per heavy atom. The van der Waals surface area contributed by atoms with Gasteiger partial charge in [0.25, 0.3) is 0 Å². The van der Waals surface area contributed by atoms with Crippen LogP contribution in [-0.4, -0.2) is 5.25 Å². The highest BCUT2D eigenvalue weighted by Crippen LogP contribution is 2.35. The Morgan fingerprint density at radius 3 is 2.33 bits per heavy atom. The van der Waals surface area contributed by atoms with Crippen LogP contribution in [0.5, 0.6) is 0 Å². The fourth-order valence-corrected chi connectivity index (χ4v) is 2.83. The van der Waals surface area contributed by atoms with Crippen LogP contribution in [0.4, 0.5) is 0 Å². The lowest BCUT2D eigenvalue weighted by atomic mass is 9.85. The van der Waals surface area contributed by atoms with Crippen molar-refractivity contribution in [3.05, 3.63) is 0 Å². The highest BCUT2D eigenvalue weighted by atomic mass is 32.1. The molecule has 1 heteroatoms. The van der Waals surface area contributed by atoms with Crippen LogP contribution >= 0.6 is 12.6 Å². The molecule has 0 aliphatic heterocycles. The standard InChI is InChI=1S/C11H22S/c1-3-10(8-9(2)12)11-6-4-5-7-11/h9-12H,3-8H2,1-2H3. The largest absolute Gasteiger partial charge is 0.176 e. The van der Waals surface area contributed by atoms with Crippen LogP contribution in [0.2, 0.25) is 0 Å². The molecular formula is C11H22S. The molecule has 0 aromatic carbocycles. The first kappa shape index (κ1) is 10.4. The van der Waals surface area contributed by atoms with E-state index < -0.39 is 0 Å². The summed E-state index contributed by atoms with van der Waals surface area (Å²) in [4.78, 5) is 0. The van der Waals surface area contributed by atoms with Gasteiger partial charge in [-0.05, 0) is 23.5 Å². The van der Waals surface area contributed by atoms with Gasteiger partial charge >= 0.3 is 0 Å². The summed E-state index contributed by atoms with van der Waals surface area (Å²) in [6.07, 6.45) is 8.60. The van der Waals surface area contributed by atoms with Crippen LogP contribution in [-0.2, 0) is 0 Å². The molecule has 0 aromatic rings. The lowest BCUT2D eigenvalue weighted by Crippen LogP contribution is -2.14. The Bertz CT molecular complexity index is 114. The summed E-state index contributed by atoms with van der Waals surface area (Å²) in [5.74, 6) is 1.99. The molecule has 2 unspecified atom stereocenters. The van der Waals surface area contributed by atoms with Crippen molar-refractivity contribution in [1.29, 1.82) is 0 Å². The molecule has 1 fully saturated rings. The maximum Gasteiger partial charge on any atom is -0.000885 e. The summed E-state index contributed by atoms with van der Waals surface area (Å²) >= 11 is 4.48. The van der Waals surface area contributed by atoms with Gasteiger partial charge in [0.05, 0.1) is 0 Å². The Balaban J connectivity index is 2.32. The minimum atomic E-state index is 0.593. The van der Waals surface area contributed by atoms with Gasteiger partial charge in [0, 0.05) is 0 Å². The van der Waals surface area contributed by atoms with Crippen molar-refractivity contribution in [2.45, 2.75) is 57.6 Å². The lowest BCUT2D eigenvalue weighted by Gasteiger charge is -2.23. The van der Waals surface area contributed by atoms with Gasteiger partial charge in [-0.3, -0.25) is 0 Å². The van der Waals surface area contributed by atoms with Crippen LogP contribution in [0.25, 0.3) is 0 Å². The van der Waals surface area contributed by atoms with Crippen molar-refractivity contribution < 1.29 is 0 Å². The predicted octanol–water partition coefficient (Wildman–Crippen LogP) is 3.91. The van der Waals surface area contributed by atoms with E-state index in [4.69, 9.17) is 0 Å². The topological polar surface area (TPSA) is 0 Å². The quantitative estimate of drug-likeness (QED) is 0.632. The summed E-state index contributed by atoms with van der Waals surface area (Å²) < 4.78 is 0. The molecule has 0 bridgehead atoms. The zero-order chi connectivity index (χ0) is 8.97. The Labute approximate surface area is 82.5 Å². The molecule has 1 aliphatic rings. The normalized spacial score (nSPS) is 24.2. The molecule has 0 saturated heterocycles. The summed E-state index contributed by atoms with van der Waals surface area (Å²) in [5, 5.41) is 0.593. The second kappa shape index (κ2) is 5.16. The molecule has 1 saturated carbocycles. The Morgan fingerprint density at radius 2 is 1.92 bits per heavy atom. The average molecular weight is 186 g/mol. The van der Waals surface area contributed by atoms with Crippen LogP contribution in [0.3, 0.4) is 0 Å². The van der Waals surface area contributed by atoms with Gasteiger partial charge < -0.3 is 0 Å². The third-order valence-electron chi connectivity index (χ3n) is 3.23. The van der Waals surface area contributed by atoms with Gasteiger partial charge in [-0.2, -0.15) is 12.6 Å². The number of hydrogen-bond acceptors (Lipinski definition) is 1. The molecule has 0 spiro atoms. The first-order chi connectivity index (χ1) is 5.74. The monoisotopic (exact) mass is 186 g/mol. The fraction of sp³-hybridized carbons (Fsp3) is 1.00. The van der Waals surface area contributed by atoms with E-state index in [1.165, 1.54) is 38.5 Å². The molecule has 0 radical (unpaired) electrons. The van der Waals surface area contributed by atoms with Crippen LogP contribution in [0.15, 0.2) is 0 Å². The number of rotatable bonds is 4. The van der Waals surface area contributed by atoms with E-state index in [-0.39, 0.29) is 0 Å². The fourth-order valence-electron chi connectivity index (χ4n) is 2.56. The summed E-state index contributed by atoms with van der Waals surface area (Å²) in [6, 6.07) is 0. The van der Waals surface area contributed by atoms with Crippen LogP contribution in [0.1, 0.15) is 52.4 Å². The Hall–Kier alpha value is 0.350.